The largest absolute Gasteiger partial charge is 0.433 e. The van der Waals surface area contributed by atoms with Crippen LogP contribution in [0.1, 0.15) is 12.5 Å². The number of anilines is 2. The predicted molar refractivity (Wildman–Crippen MR) is 102 cm³/mol. The molecule has 0 radical (unpaired) electrons. The van der Waals surface area contributed by atoms with Crippen molar-refractivity contribution < 1.29 is 13.5 Å². The Morgan fingerprint density at radius 2 is 1.93 bits per heavy atom. The third-order valence-corrected chi connectivity index (χ3v) is 3.80. The Hall–Kier alpha value is -3.01. The van der Waals surface area contributed by atoms with Crippen LogP contribution >= 0.6 is 12.2 Å². The molecule has 0 aliphatic carbocycles. The first kappa shape index (κ1) is 18.8. The summed E-state index contributed by atoms with van der Waals surface area (Å²) in [4.78, 5) is 0. The highest BCUT2D eigenvalue weighted by molar-refractivity contribution is 7.80. The summed E-state index contributed by atoms with van der Waals surface area (Å²) in [6.45, 7) is 0.491. The van der Waals surface area contributed by atoms with Crippen molar-refractivity contribution >= 4 is 28.7 Å². The van der Waals surface area contributed by atoms with Gasteiger partial charge in [0.05, 0.1) is 30.3 Å². The number of thiocarbonyl (C=S) groups is 1. The van der Waals surface area contributed by atoms with E-state index >= 15 is 0 Å². The Balaban J connectivity index is 1.59. The summed E-state index contributed by atoms with van der Waals surface area (Å²) in [6, 6.07) is 6.33. The molecule has 0 atom stereocenters. The number of aryl methyl sites for hydroxylation is 1. The average molecular weight is 392 g/mol. The van der Waals surface area contributed by atoms with Crippen molar-refractivity contribution in [2.45, 2.75) is 26.6 Å². The van der Waals surface area contributed by atoms with Crippen LogP contribution in [0.3, 0.4) is 0 Å². The minimum Gasteiger partial charge on any atom is -0.433 e. The number of halogens is 2. The van der Waals surface area contributed by atoms with Crippen LogP contribution in [0.2, 0.25) is 0 Å². The molecule has 0 aliphatic heterocycles. The van der Waals surface area contributed by atoms with E-state index in [9.17, 15) is 8.78 Å². The zero-order valence-corrected chi connectivity index (χ0v) is 15.3. The summed E-state index contributed by atoms with van der Waals surface area (Å²) in [7, 11) is 0. The van der Waals surface area contributed by atoms with Gasteiger partial charge in [-0.1, -0.05) is 12.1 Å². The van der Waals surface area contributed by atoms with Crippen molar-refractivity contribution in [2.75, 3.05) is 10.6 Å². The topological polar surface area (TPSA) is 68.9 Å². The van der Waals surface area contributed by atoms with Crippen LogP contribution in [-0.4, -0.2) is 31.3 Å². The van der Waals surface area contributed by atoms with Gasteiger partial charge in [-0.15, -0.1) is 0 Å². The molecule has 3 rings (SSSR count). The quantitative estimate of drug-likeness (QED) is 0.600. The smallest absolute Gasteiger partial charge is 0.387 e. The normalized spacial score (nSPS) is 10.8. The van der Waals surface area contributed by atoms with E-state index in [1.54, 1.807) is 41.5 Å². The van der Waals surface area contributed by atoms with Gasteiger partial charge in [-0.3, -0.25) is 9.36 Å². The lowest BCUT2D eigenvalue weighted by atomic mass is 10.3. The molecule has 0 bridgehead atoms. The summed E-state index contributed by atoms with van der Waals surface area (Å²) in [5.41, 5.74) is 2.04. The van der Waals surface area contributed by atoms with Crippen LogP contribution in [0, 0.1) is 0 Å². The van der Waals surface area contributed by atoms with Crippen molar-refractivity contribution in [3.8, 4) is 5.75 Å². The summed E-state index contributed by atoms with van der Waals surface area (Å²) in [6.07, 6.45) is 7.17. The molecule has 0 amide bonds. The molecule has 0 saturated carbocycles. The minimum absolute atomic E-state index is 0.0141. The number of hydrogen-bond donors (Lipinski definition) is 2. The second-order valence-electron chi connectivity index (χ2n) is 5.58. The fraction of sp³-hybridized carbons (Fsp3) is 0.235. The second-order valence-corrected chi connectivity index (χ2v) is 5.99. The average Bonchev–Trinajstić information content (AvgIpc) is 3.26. The van der Waals surface area contributed by atoms with E-state index in [-0.39, 0.29) is 10.9 Å². The number of alkyl halides is 2. The van der Waals surface area contributed by atoms with E-state index < -0.39 is 6.61 Å². The SMILES string of the molecule is CCn1cc(Cn2cc(NC(=S)Nc3ccccc3OC(F)F)cn2)cn1. The van der Waals surface area contributed by atoms with Crippen LogP contribution in [0.15, 0.2) is 49.1 Å². The lowest BCUT2D eigenvalue weighted by molar-refractivity contribution is -0.0493. The molecule has 0 fully saturated rings. The van der Waals surface area contributed by atoms with Crippen molar-refractivity contribution in [1.82, 2.24) is 19.6 Å². The molecule has 27 heavy (non-hydrogen) atoms. The molecule has 10 heteroatoms. The molecule has 1 aromatic carbocycles. The fourth-order valence-corrected chi connectivity index (χ4v) is 2.64. The molecular weight excluding hydrogens is 374 g/mol. The van der Waals surface area contributed by atoms with Gasteiger partial charge in [0.1, 0.15) is 5.75 Å². The maximum Gasteiger partial charge on any atom is 0.387 e. The van der Waals surface area contributed by atoms with Gasteiger partial charge in [0.15, 0.2) is 5.11 Å². The van der Waals surface area contributed by atoms with E-state index in [0.29, 0.717) is 17.9 Å². The Morgan fingerprint density at radius 1 is 1.15 bits per heavy atom. The van der Waals surface area contributed by atoms with Crippen molar-refractivity contribution in [2.24, 2.45) is 0 Å². The van der Waals surface area contributed by atoms with Crippen LogP contribution < -0.4 is 15.4 Å². The van der Waals surface area contributed by atoms with Gasteiger partial charge in [-0.05, 0) is 31.3 Å². The van der Waals surface area contributed by atoms with Crippen LogP contribution in [0.25, 0.3) is 0 Å². The highest BCUT2D eigenvalue weighted by Crippen LogP contribution is 2.25. The summed E-state index contributed by atoms with van der Waals surface area (Å²) >= 11 is 5.23. The lowest BCUT2D eigenvalue weighted by Crippen LogP contribution is -2.19. The van der Waals surface area contributed by atoms with Gasteiger partial charge in [0.2, 0.25) is 0 Å². The van der Waals surface area contributed by atoms with Crippen LogP contribution in [0.4, 0.5) is 20.2 Å². The van der Waals surface area contributed by atoms with Crippen molar-refractivity contribution in [1.29, 1.82) is 0 Å². The zero-order chi connectivity index (χ0) is 19.2. The fourth-order valence-electron chi connectivity index (χ4n) is 2.42. The molecule has 0 saturated heterocycles. The number of ether oxygens (including phenoxy) is 1. The summed E-state index contributed by atoms with van der Waals surface area (Å²) < 4.78 is 33.0. The van der Waals surface area contributed by atoms with E-state index in [0.717, 1.165) is 12.1 Å². The summed E-state index contributed by atoms with van der Waals surface area (Å²) in [5.74, 6) is 0.0141. The molecule has 7 nitrogen and oxygen atoms in total. The Labute approximate surface area is 159 Å². The third kappa shape index (κ3) is 5.23. The highest BCUT2D eigenvalue weighted by Gasteiger charge is 2.10. The van der Waals surface area contributed by atoms with Crippen LogP contribution in [0.5, 0.6) is 5.75 Å². The molecule has 0 aliphatic rings. The lowest BCUT2D eigenvalue weighted by Gasteiger charge is -2.13. The number of benzene rings is 1. The van der Waals surface area contributed by atoms with Gasteiger partial charge >= 0.3 is 6.61 Å². The molecule has 3 aromatic rings. The summed E-state index contributed by atoms with van der Waals surface area (Å²) in [5, 5.41) is 14.5. The maximum absolute atomic E-state index is 12.5. The minimum atomic E-state index is -2.91. The molecule has 142 valence electrons. The molecule has 2 aromatic heterocycles. The van der Waals surface area contributed by atoms with Gasteiger partial charge in [-0.2, -0.15) is 19.0 Å². The first-order valence-corrected chi connectivity index (χ1v) is 8.60. The number of nitrogens with one attached hydrogen (secondary N) is 2. The van der Waals surface area contributed by atoms with Crippen LogP contribution in [-0.2, 0) is 13.1 Å². The number of hydrogen-bond acceptors (Lipinski definition) is 4. The third-order valence-electron chi connectivity index (χ3n) is 3.60. The second kappa shape index (κ2) is 8.58. The van der Waals surface area contributed by atoms with Gasteiger partial charge in [-0.25, -0.2) is 0 Å². The maximum atomic E-state index is 12.5. The van der Waals surface area contributed by atoms with E-state index in [4.69, 9.17) is 12.2 Å². The number of nitrogens with zero attached hydrogens (tertiary/aromatic N) is 4. The van der Waals surface area contributed by atoms with Gasteiger partial charge in [0, 0.05) is 24.5 Å². The first-order valence-electron chi connectivity index (χ1n) is 8.19. The molecule has 2 N–H and O–H groups in total. The molecule has 2 heterocycles. The number of aromatic nitrogens is 4. The predicted octanol–water partition coefficient (Wildman–Crippen LogP) is 3.56. The Kier molecular flexibility index (Phi) is 5.97. The van der Waals surface area contributed by atoms with E-state index in [2.05, 4.69) is 25.6 Å². The Morgan fingerprint density at radius 3 is 2.67 bits per heavy atom. The molecular formula is C17H18F2N6OS. The highest BCUT2D eigenvalue weighted by atomic mass is 32.1. The van der Waals surface area contributed by atoms with E-state index in [1.165, 1.54) is 6.07 Å². The molecule has 0 spiro atoms. The zero-order valence-electron chi connectivity index (χ0n) is 14.5. The monoisotopic (exact) mass is 392 g/mol. The number of rotatable bonds is 7. The standard InChI is InChI=1S/C17H18F2N6OS/c1-2-24-9-12(7-20-24)10-25-11-13(8-21-25)22-17(27)23-14-5-3-4-6-15(14)26-16(18)19/h3-9,11,16H,2,10H2,1H3,(H2,22,23,27). The first-order chi connectivity index (χ1) is 13.0. The molecule has 0 unspecified atom stereocenters. The van der Waals surface area contributed by atoms with Crippen molar-refractivity contribution in [3.05, 3.63) is 54.6 Å². The van der Waals surface area contributed by atoms with Crippen molar-refractivity contribution in [3.63, 3.8) is 0 Å². The van der Waals surface area contributed by atoms with Gasteiger partial charge in [0.25, 0.3) is 0 Å². The Bertz CT molecular complexity index is 910. The number of para-hydroxylation sites is 2. The van der Waals surface area contributed by atoms with E-state index in [1.807, 2.05) is 17.8 Å². The van der Waals surface area contributed by atoms with Gasteiger partial charge < -0.3 is 15.4 Å².